The minimum absolute atomic E-state index is 0.0575. The summed E-state index contributed by atoms with van der Waals surface area (Å²) in [4.78, 5) is 0. The third kappa shape index (κ3) is 5.68. The van der Waals surface area contributed by atoms with Crippen molar-refractivity contribution >= 4 is 0 Å². The van der Waals surface area contributed by atoms with Gasteiger partial charge in [-0.1, -0.05) is 12.1 Å². The smallest absolute Gasteiger partial charge is 0.282 e. The van der Waals surface area contributed by atoms with Crippen LogP contribution in [0.5, 0.6) is 11.5 Å². The predicted molar refractivity (Wildman–Crippen MR) is 69.4 cm³/mol. The van der Waals surface area contributed by atoms with Crippen LogP contribution in [-0.4, -0.2) is 55.7 Å². The highest BCUT2D eigenvalue weighted by atomic mass is 19.3. The Morgan fingerprint density at radius 1 is 1.30 bits per heavy atom. The van der Waals surface area contributed by atoms with Crippen molar-refractivity contribution in [2.75, 3.05) is 33.4 Å². The van der Waals surface area contributed by atoms with E-state index in [1.807, 2.05) is 0 Å². The van der Waals surface area contributed by atoms with Crippen LogP contribution in [0.3, 0.4) is 0 Å². The Kier molecular flexibility index (Phi) is 6.63. The highest BCUT2D eigenvalue weighted by molar-refractivity contribution is 5.39. The van der Waals surface area contributed by atoms with E-state index in [9.17, 15) is 13.9 Å². The molecule has 1 unspecified atom stereocenters. The monoisotopic (exact) mass is 291 g/mol. The van der Waals surface area contributed by atoms with Crippen molar-refractivity contribution in [2.24, 2.45) is 0 Å². The number of aliphatic hydroxyl groups is 2. The minimum atomic E-state index is -3.19. The number of rotatable bonds is 9. The first-order valence-corrected chi connectivity index (χ1v) is 6.12. The Morgan fingerprint density at radius 2 is 1.95 bits per heavy atom. The molecule has 0 aliphatic rings. The van der Waals surface area contributed by atoms with E-state index in [4.69, 9.17) is 14.6 Å². The van der Waals surface area contributed by atoms with Gasteiger partial charge in [0, 0.05) is 6.54 Å². The molecule has 1 aromatic carbocycles. The van der Waals surface area contributed by atoms with E-state index < -0.39 is 25.2 Å². The number of hydrogen-bond acceptors (Lipinski definition) is 5. The molecule has 0 bridgehead atoms. The molecule has 5 nitrogen and oxygen atoms in total. The molecule has 114 valence electrons. The van der Waals surface area contributed by atoms with Crippen LogP contribution in [-0.2, 0) is 0 Å². The van der Waals surface area contributed by atoms with Crippen LogP contribution in [0, 0.1) is 0 Å². The lowest BCUT2D eigenvalue weighted by atomic mass is 10.3. The fraction of sp³-hybridized carbons (Fsp3) is 0.538. The molecule has 0 heterocycles. The van der Waals surface area contributed by atoms with E-state index in [0.717, 1.165) is 0 Å². The number of hydrogen-bond donors (Lipinski definition) is 3. The number of alkyl halides is 2. The quantitative estimate of drug-likeness (QED) is 0.623. The molecule has 0 aliphatic carbocycles. The average Bonchev–Trinajstić information content (AvgIpc) is 2.45. The molecule has 20 heavy (non-hydrogen) atoms. The maximum atomic E-state index is 12.7. The van der Waals surface area contributed by atoms with Crippen LogP contribution < -0.4 is 14.8 Å². The van der Waals surface area contributed by atoms with Crippen LogP contribution >= 0.6 is 0 Å². The Morgan fingerprint density at radius 3 is 2.55 bits per heavy atom. The van der Waals surface area contributed by atoms with Crippen molar-refractivity contribution in [2.45, 2.75) is 12.0 Å². The lowest BCUT2D eigenvalue weighted by Gasteiger charge is -2.17. The van der Waals surface area contributed by atoms with Crippen molar-refractivity contribution in [3.63, 3.8) is 0 Å². The number of ether oxygens (including phenoxy) is 2. The summed E-state index contributed by atoms with van der Waals surface area (Å²) in [5.41, 5.74) is 0. The second-order valence-corrected chi connectivity index (χ2v) is 4.26. The zero-order chi connectivity index (χ0) is 15.0. The minimum Gasteiger partial charge on any atom is -0.493 e. The molecule has 0 spiro atoms. The van der Waals surface area contributed by atoms with Crippen molar-refractivity contribution in [1.29, 1.82) is 0 Å². The number of para-hydroxylation sites is 2. The van der Waals surface area contributed by atoms with Crippen LogP contribution in [0.2, 0.25) is 0 Å². The van der Waals surface area contributed by atoms with Crippen LogP contribution in [0.15, 0.2) is 24.3 Å². The third-order valence-electron chi connectivity index (χ3n) is 2.50. The number of methoxy groups -OCH3 is 1. The first kappa shape index (κ1) is 16.6. The summed E-state index contributed by atoms with van der Waals surface area (Å²) in [7, 11) is 1.50. The molecule has 0 fully saturated rings. The third-order valence-corrected chi connectivity index (χ3v) is 2.50. The van der Waals surface area contributed by atoms with E-state index >= 15 is 0 Å². The van der Waals surface area contributed by atoms with Crippen LogP contribution in [0.25, 0.3) is 0 Å². The number of nitrogens with one attached hydrogen (secondary N) is 1. The number of benzene rings is 1. The van der Waals surface area contributed by atoms with Gasteiger partial charge in [0.15, 0.2) is 11.5 Å². The zero-order valence-corrected chi connectivity index (χ0v) is 11.2. The molecule has 0 radical (unpaired) electrons. The van der Waals surface area contributed by atoms with Crippen molar-refractivity contribution < 1.29 is 28.5 Å². The molecule has 3 N–H and O–H groups in total. The van der Waals surface area contributed by atoms with Gasteiger partial charge < -0.3 is 25.0 Å². The van der Waals surface area contributed by atoms with Gasteiger partial charge in [-0.2, -0.15) is 0 Å². The molecule has 0 amide bonds. The standard InChI is InChI=1S/C13H19F2NO4/c1-19-11-4-2-3-5-12(11)20-7-10(18)6-16-8-13(14,15)9-17/h2-5,10,16-18H,6-9H2,1H3. The second kappa shape index (κ2) is 7.98. The summed E-state index contributed by atoms with van der Waals surface area (Å²) in [5, 5.41) is 20.4. The lowest BCUT2D eigenvalue weighted by molar-refractivity contribution is -0.0493. The van der Waals surface area contributed by atoms with Gasteiger partial charge in [-0.3, -0.25) is 0 Å². The first-order valence-electron chi connectivity index (χ1n) is 6.12. The van der Waals surface area contributed by atoms with E-state index in [1.165, 1.54) is 7.11 Å². The molecule has 1 aromatic rings. The largest absolute Gasteiger partial charge is 0.493 e. The molecule has 0 aromatic heterocycles. The van der Waals surface area contributed by atoms with E-state index in [0.29, 0.717) is 11.5 Å². The fourth-order valence-electron chi connectivity index (χ4n) is 1.46. The fourth-order valence-corrected chi connectivity index (χ4v) is 1.46. The molecule has 1 atom stereocenters. The summed E-state index contributed by atoms with van der Waals surface area (Å²) in [6.07, 6.45) is -0.950. The molecule has 7 heteroatoms. The first-order chi connectivity index (χ1) is 9.48. The van der Waals surface area contributed by atoms with Gasteiger partial charge >= 0.3 is 0 Å². The Hall–Kier alpha value is -1.44. The maximum absolute atomic E-state index is 12.7. The lowest BCUT2D eigenvalue weighted by Crippen LogP contribution is -2.40. The molecule has 0 saturated carbocycles. The van der Waals surface area contributed by atoms with E-state index in [1.54, 1.807) is 24.3 Å². The average molecular weight is 291 g/mol. The van der Waals surface area contributed by atoms with E-state index in [2.05, 4.69) is 5.32 Å². The number of aliphatic hydroxyl groups excluding tert-OH is 2. The van der Waals surface area contributed by atoms with Crippen molar-refractivity contribution in [1.82, 2.24) is 5.32 Å². The SMILES string of the molecule is COc1ccccc1OCC(O)CNCC(F)(F)CO. The Bertz CT molecular complexity index is 404. The van der Waals surface area contributed by atoms with Gasteiger partial charge in [0.05, 0.1) is 13.7 Å². The summed E-state index contributed by atoms with van der Waals surface area (Å²) in [5.74, 6) is -2.20. The van der Waals surface area contributed by atoms with Gasteiger partial charge in [-0.05, 0) is 12.1 Å². The summed E-state index contributed by atoms with van der Waals surface area (Å²) < 4.78 is 35.8. The zero-order valence-electron chi connectivity index (χ0n) is 11.2. The highest BCUT2D eigenvalue weighted by Gasteiger charge is 2.27. The van der Waals surface area contributed by atoms with E-state index in [-0.39, 0.29) is 13.2 Å². The summed E-state index contributed by atoms with van der Waals surface area (Å²) in [6.45, 7) is -2.05. The topological polar surface area (TPSA) is 71.0 Å². The molecular weight excluding hydrogens is 272 g/mol. The van der Waals surface area contributed by atoms with Gasteiger partial charge in [0.1, 0.15) is 19.3 Å². The Labute approximate surface area is 116 Å². The summed E-state index contributed by atoms with van der Waals surface area (Å²) in [6, 6.07) is 6.92. The van der Waals surface area contributed by atoms with Gasteiger partial charge in [0.25, 0.3) is 5.92 Å². The van der Waals surface area contributed by atoms with Gasteiger partial charge in [0.2, 0.25) is 0 Å². The van der Waals surface area contributed by atoms with Crippen molar-refractivity contribution in [3.8, 4) is 11.5 Å². The molecule has 0 saturated heterocycles. The maximum Gasteiger partial charge on any atom is 0.282 e. The highest BCUT2D eigenvalue weighted by Crippen LogP contribution is 2.25. The van der Waals surface area contributed by atoms with Crippen molar-refractivity contribution in [3.05, 3.63) is 24.3 Å². The molecule has 0 aliphatic heterocycles. The second-order valence-electron chi connectivity index (χ2n) is 4.26. The summed E-state index contributed by atoms with van der Waals surface area (Å²) >= 11 is 0. The van der Waals surface area contributed by atoms with Crippen LogP contribution in [0.1, 0.15) is 0 Å². The van der Waals surface area contributed by atoms with Gasteiger partial charge in [-0.25, -0.2) is 8.78 Å². The normalized spacial score (nSPS) is 13.1. The predicted octanol–water partition coefficient (Wildman–Crippen LogP) is 0.652. The number of halogens is 2. The molecular formula is C13H19F2NO4. The van der Waals surface area contributed by atoms with Gasteiger partial charge in [-0.15, -0.1) is 0 Å². The van der Waals surface area contributed by atoms with Crippen LogP contribution in [0.4, 0.5) is 8.78 Å². The molecule has 1 rings (SSSR count). The Balaban J connectivity index is 2.31.